The van der Waals surface area contributed by atoms with Gasteiger partial charge >= 0.3 is 0 Å². The van der Waals surface area contributed by atoms with Gasteiger partial charge in [-0.2, -0.15) is 5.10 Å². The van der Waals surface area contributed by atoms with E-state index in [0.717, 1.165) is 5.56 Å². The Morgan fingerprint density at radius 2 is 1.91 bits per heavy atom. The van der Waals surface area contributed by atoms with Gasteiger partial charge < -0.3 is 10.4 Å². The number of aliphatic hydroxyl groups is 1. The van der Waals surface area contributed by atoms with Crippen molar-refractivity contribution in [2.24, 2.45) is 0 Å². The zero-order chi connectivity index (χ0) is 23.8. The number of benzene rings is 2. The van der Waals surface area contributed by atoms with Crippen molar-refractivity contribution in [3.63, 3.8) is 0 Å². The monoisotopic (exact) mass is 470 g/mol. The Balaban J connectivity index is 1.79. The third kappa shape index (κ3) is 6.66. The van der Waals surface area contributed by atoms with Gasteiger partial charge in [-0.1, -0.05) is 43.3 Å². The molecule has 0 saturated carbocycles. The largest absolute Gasteiger partial charge is 0.389 e. The van der Waals surface area contributed by atoms with Crippen LogP contribution in [0.4, 0.5) is 5.69 Å². The minimum Gasteiger partial charge on any atom is -0.389 e. The van der Waals surface area contributed by atoms with E-state index in [2.05, 4.69) is 10.4 Å². The van der Waals surface area contributed by atoms with Crippen LogP contribution in [0, 0.1) is 0 Å². The van der Waals surface area contributed by atoms with Gasteiger partial charge in [-0.3, -0.25) is 13.8 Å². The van der Waals surface area contributed by atoms with E-state index >= 15 is 0 Å². The summed E-state index contributed by atoms with van der Waals surface area (Å²) in [5, 5.41) is 17.9. The van der Waals surface area contributed by atoms with Crippen molar-refractivity contribution in [3.8, 4) is 0 Å². The Morgan fingerprint density at radius 1 is 1.15 bits per heavy atom. The second-order valence-corrected chi connectivity index (χ2v) is 10.0. The topological polar surface area (TPSA) is 105 Å². The van der Waals surface area contributed by atoms with Crippen molar-refractivity contribution >= 4 is 21.6 Å². The second kappa shape index (κ2) is 11.1. The number of aliphatic hydroxyl groups excluding tert-OH is 1. The maximum atomic E-state index is 13.1. The van der Waals surface area contributed by atoms with Gasteiger partial charge in [0.15, 0.2) is 0 Å². The fourth-order valence-corrected chi connectivity index (χ4v) is 4.75. The molecule has 0 saturated heterocycles. The number of carbonyl (C=O) groups is 1. The standard InChI is InChI=1S/C24H30N4O4S/c1-3-15-33(31,32)27(2)21-12-7-11-20(17-21)24(30)26-22(16-19-9-5-4-6-10-19)23(29)18-28-14-8-13-25-28/h4-14,17,22-23,29H,3,15-16,18H2,1-2H3,(H,26,30)/t22-,23+/m0/s1. The molecule has 0 fully saturated rings. The molecule has 0 aliphatic heterocycles. The second-order valence-electron chi connectivity index (χ2n) is 7.90. The van der Waals surface area contributed by atoms with Gasteiger partial charge in [0, 0.05) is 25.0 Å². The van der Waals surface area contributed by atoms with Crippen molar-refractivity contribution in [2.75, 3.05) is 17.1 Å². The molecule has 176 valence electrons. The average Bonchev–Trinajstić information content (AvgIpc) is 3.32. The SMILES string of the molecule is CCCS(=O)(=O)N(C)c1cccc(C(=O)N[C@@H](Cc2ccccc2)[C@H](O)Cn2cccn2)c1. The molecule has 0 unspecified atom stereocenters. The zero-order valence-electron chi connectivity index (χ0n) is 18.8. The molecule has 9 heteroatoms. The Hall–Kier alpha value is -3.17. The minimum absolute atomic E-state index is 0.0265. The summed E-state index contributed by atoms with van der Waals surface area (Å²) in [6.45, 7) is 2.03. The number of aromatic nitrogens is 2. The molecule has 1 heterocycles. The molecule has 3 aromatic rings. The first-order valence-electron chi connectivity index (χ1n) is 10.9. The molecule has 0 aliphatic carbocycles. The summed E-state index contributed by atoms with van der Waals surface area (Å²) < 4.78 is 27.6. The van der Waals surface area contributed by atoms with Crippen LogP contribution in [0.25, 0.3) is 0 Å². The van der Waals surface area contributed by atoms with Gasteiger partial charge in [0.25, 0.3) is 5.91 Å². The minimum atomic E-state index is -3.46. The van der Waals surface area contributed by atoms with Crippen LogP contribution in [0.1, 0.15) is 29.3 Å². The molecule has 1 aromatic heterocycles. The van der Waals surface area contributed by atoms with E-state index in [1.165, 1.54) is 11.4 Å². The van der Waals surface area contributed by atoms with E-state index in [0.29, 0.717) is 24.1 Å². The van der Waals surface area contributed by atoms with Gasteiger partial charge in [-0.25, -0.2) is 8.42 Å². The lowest BCUT2D eigenvalue weighted by molar-refractivity contribution is 0.0780. The quantitative estimate of drug-likeness (QED) is 0.448. The van der Waals surface area contributed by atoms with Crippen molar-refractivity contribution < 1.29 is 18.3 Å². The van der Waals surface area contributed by atoms with Gasteiger partial charge in [-0.05, 0) is 42.7 Å². The molecular weight excluding hydrogens is 440 g/mol. The molecule has 0 spiro atoms. The van der Waals surface area contributed by atoms with Crippen molar-refractivity contribution in [1.29, 1.82) is 0 Å². The van der Waals surface area contributed by atoms with Crippen LogP contribution in [0.15, 0.2) is 73.1 Å². The summed E-state index contributed by atoms with van der Waals surface area (Å²) >= 11 is 0. The summed E-state index contributed by atoms with van der Waals surface area (Å²) in [6, 6.07) is 17.3. The first-order valence-corrected chi connectivity index (χ1v) is 12.5. The number of sulfonamides is 1. The van der Waals surface area contributed by atoms with Gasteiger partial charge in [0.2, 0.25) is 10.0 Å². The Kier molecular flexibility index (Phi) is 8.24. The number of carbonyl (C=O) groups excluding carboxylic acids is 1. The van der Waals surface area contributed by atoms with Gasteiger partial charge in [0.05, 0.1) is 30.1 Å². The zero-order valence-corrected chi connectivity index (χ0v) is 19.6. The number of hydrogen-bond acceptors (Lipinski definition) is 5. The summed E-state index contributed by atoms with van der Waals surface area (Å²) in [5.74, 6) is -0.364. The lowest BCUT2D eigenvalue weighted by Gasteiger charge is -2.25. The molecule has 1 amide bonds. The molecule has 0 bridgehead atoms. The Morgan fingerprint density at radius 3 is 2.58 bits per heavy atom. The summed E-state index contributed by atoms with van der Waals surface area (Å²) in [4.78, 5) is 13.1. The lowest BCUT2D eigenvalue weighted by atomic mass is 10.0. The molecule has 0 aliphatic rings. The highest BCUT2D eigenvalue weighted by molar-refractivity contribution is 7.92. The maximum absolute atomic E-state index is 13.1. The van der Waals surface area contributed by atoms with Crippen molar-refractivity contribution in [3.05, 3.63) is 84.2 Å². The number of nitrogens with one attached hydrogen (secondary N) is 1. The van der Waals surface area contributed by atoms with Crippen LogP contribution in [-0.4, -0.2) is 54.2 Å². The summed E-state index contributed by atoms with van der Waals surface area (Å²) in [5.41, 5.74) is 1.70. The molecule has 2 N–H and O–H groups in total. The Bertz CT molecular complexity index is 1130. The summed E-state index contributed by atoms with van der Waals surface area (Å²) in [6.07, 6.45) is 3.43. The van der Waals surface area contributed by atoms with Gasteiger partial charge in [-0.15, -0.1) is 0 Å². The van der Waals surface area contributed by atoms with E-state index in [4.69, 9.17) is 0 Å². The number of rotatable bonds is 11. The fourth-order valence-electron chi connectivity index (χ4n) is 3.53. The fraction of sp³-hybridized carbons (Fsp3) is 0.333. The number of anilines is 1. The smallest absolute Gasteiger partial charge is 0.251 e. The van der Waals surface area contributed by atoms with Crippen LogP contribution in [0.3, 0.4) is 0 Å². The number of hydrogen-bond donors (Lipinski definition) is 2. The molecule has 2 aromatic carbocycles. The highest BCUT2D eigenvalue weighted by atomic mass is 32.2. The van der Waals surface area contributed by atoms with E-state index in [1.807, 2.05) is 30.3 Å². The van der Waals surface area contributed by atoms with Crippen LogP contribution < -0.4 is 9.62 Å². The predicted molar refractivity (Wildman–Crippen MR) is 129 cm³/mol. The third-order valence-electron chi connectivity index (χ3n) is 5.36. The molecular formula is C24H30N4O4S. The molecule has 8 nitrogen and oxygen atoms in total. The highest BCUT2D eigenvalue weighted by Crippen LogP contribution is 2.19. The van der Waals surface area contributed by atoms with E-state index in [1.54, 1.807) is 54.3 Å². The van der Waals surface area contributed by atoms with Crippen molar-refractivity contribution in [2.45, 2.75) is 38.5 Å². The van der Waals surface area contributed by atoms with Gasteiger partial charge in [0.1, 0.15) is 0 Å². The lowest BCUT2D eigenvalue weighted by Crippen LogP contribution is -2.46. The van der Waals surface area contributed by atoms with Crippen LogP contribution in [0.5, 0.6) is 0 Å². The van der Waals surface area contributed by atoms with E-state index in [9.17, 15) is 18.3 Å². The number of nitrogens with zero attached hydrogens (tertiary/aromatic N) is 3. The molecule has 0 radical (unpaired) electrons. The van der Waals surface area contributed by atoms with E-state index < -0.39 is 28.1 Å². The van der Waals surface area contributed by atoms with Crippen molar-refractivity contribution in [1.82, 2.24) is 15.1 Å². The van der Waals surface area contributed by atoms with Crippen LogP contribution in [0.2, 0.25) is 0 Å². The summed E-state index contributed by atoms with van der Waals surface area (Å²) in [7, 11) is -1.98. The van der Waals surface area contributed by atoms with E-state index in [-0.39, 0.29) is 12.3 Å². The van der Waals surface area contributed by atoms with Crippen LogP contribution in [-0.2, 0) is 23.0 Å². The highest BCUT2D eigenvalue weighted by Gasteiger charge is 2.24. The normalized spacial score (nSPS) is 13.3. The first-order chi connectivity index (χ1) is 15.8. The van der Waals surface area contributed by atoms with Crippen LogP contribution >= 0.6 is 0 Å². The Labute approximate surface area is 194 Å². The maximum Gasteiger partial charge on any atom is 0.251 e. The first kappa shape index (κ1) is 24.5. The molecule has 3 rings (SSSR count). The predicted octanol–water partition coefficient (Wildman–Crippen LogP) is 2.46. The third-order valence-corrected chi connectivity index (χ3v) is 7.33. The average molecular weight is 471 g/mol. The molecule has 2 atom stereocenters. The molecule has 33 heavy (non-hydrogen) atoms. The number of amides is 1.